The fraction of sp³-hybridized carbons (Fsp3) is 1.00. The first-order valence-electron chi connectivity index (χ1n) is 3.92. The molecule has 1 aliphatic heterocycles. The fourth-order valence-corrected chi connectivity index (χ4v) is 1.16. The third-order valence-corrected chi connectivity index (χ3v) is 2.05. The Morgan fingerprint density at radius 2 is 2.55 bits per heavy atom. The molecule has 1 fully saturated rings. The number of hydrogen-bond acceptors (Lipinski definition) is 3. The highest BCUT2D eigenvalue weighted by Gasteiger charge is 2.11. The lowest BCUT2D eigenvalue weighted by molar-refractivity contribution is -0.0605. The van der Waals surface area contributed by atoms with E-state index in [1.165, 1.54) is 0 Å². The van der Waals surface area contributed by atoms with E-state index >= 15 is 0 Å². The highest BCUT2D eigenvalue weighted by atomic mass is 79.9. The van der Waals surface area contributed by atoms with Crippen LogP contribution in [-0.4, -0.2) is 37.9 Å². The van der Waals surface area contributed by atoms with E-state index in [9.17, 15) is 0 Å². The van der Waals surface area contributed by atoms with Crippen molar-refractivity contribution in [1.29, 1.82) is 0 Å². The van der Waals surface area contributed by atoms with Gasteiger partial charge in [0.05, 0.1) is 13.2 Å². The number of alkyl halides is 1. The minimum atomic E-state index is 0.114. The minimum Gasteiger partial charge on any atom is -0.376 e. The summed E-state index contributed by atoms with van der Waals surface area (Å²) in [5, 5.41) is 4.22. The molecule has 1 atom stereocenters. The molecule has 0 aromatic carbocycles. The molecule has 11 heavy (non-hydrogen) atoms. The molecule has 0 spiro atoms. The van der Waals surface area contributed by atoms with E-state index in [-0.39, 0.29) is 6.23 Å². The van der Waals surface area contributed by atoms with Crippen molar-refractivity contribution in [3.63, 3.8) is 0 Å². The van der Waals surface area contributed by atoms with Crippen LogP contribution in [0.3, 0.4) is 0 Å². The Morgan fingerprint density at radius 3 is 3.18 bits per heavy atom. The second-order valence-corrected chi connectivity index (χ2v) is 3.22. The number of hydrogen-bond donors (Lipinski definition) is 1. The van der Waals surface area contributed by atoms with Gasteiger partial charge in [-0.3, -0.25) is 5.32 Å². The Bertz CT molecular complexity index is 96.4. The predicted molar refractivity (Wildman–Crippen MR) is 47.0 cm³/mol. The zero-order chi connectivity index (χ0) is 7.94. The molecule has 3 nitrogen and oxygen atoms in total. The summed E-state index contributed by atoms with van der Waals surface area (Å²) in [4.78, 5) is 0. The van der Waals surface area contributed by atoms with Crippen molar-refractivity contribution in [2.45, 2.75) is 12.6 Å². The summed E-state index contributed by atoms with van der Waals surface area (Å²) in [5.41, 5.74) is 0. The van der Waals surface area contributed by atoms with Crippen LogP contribution in [0.25, 0.3) is 0 Å². The summed E-state index contributed by atoms with van der Waals surface area (Å²) >= 11 is 3.34. The molecule has 66 valence electrons. The number of ether oxygens (including phenoxy) is 2. The lowest BCUT2D eigenvalue weighted by atomic mass is 10.4. The zero-order valence-corrected chi connectivity index (χ0v) is 8.10. The van der Waals surface area contributed by atoms with E-state index in [1.807, 2.05) is 0 Å². The maximum absolute atomic E-state index is 5.46. The maximum Gasteiger partial charge on any atom is 0.131 e. The molecule has 1 heterocycles. The highest BCUT2D eigenvalue weighted by Crippen LogP contribution is 1.97. The first-order valence-corrected chi connectivity index (χ1v) is 5.04. The van der Waals surface area contributed by atoms with E-state index in [4.69, 9.17) is 9.47 Å². The summed E-state index contributed by atoms with van der Waals surface area (Å²) in [5.74, 6) is 0. The van der Waals surface area contributed by atoms with Crippen molar-refractivity contribution in [3.05, 3.63) is 0 Å². The Balaban J connectivity index is 1.96. The van der Waals surface area contributed by atoms with Crippen LogP contribution >= 0.6 is 15.9 Å². The van der Waals surface area contributed by atoms with Gasteiger partial charge >= 0.3 is 0 Å². The molecule has 1 aliphatic rings. The van der Waals surface area contributed by atoms with Gasteiger partial charge in [-0.15, -0.1) is 0 Å². The van der Waals surface area contributed by atoms with Crippen molar-refractivity contribution in [2.75, 3.05) is 31.7 Å². The molecule has 1 saturated heterocycles. The third-order valence-electron chi connectivity index (χ3n) is 1.48. The molecule has 0 amide bonds. The molecule has 0 aromatic rings. The first kappa shape index (κ1) is 9.45. The Hall–Kier alpha value is 0.360. The van der Waals surface area contributed by atoms with Crippen LogP contribution in [0, 0.1) is 0 Å². The SMILES string of the molecule is BrCCCOC1COCCN1. The topological polar surface area (TPSA) is 30.5 Å². The van der Waals surface area contributed by atoms with Crippen LogP contribution in [0.1, 0.15) is 6.42 Å². The van der Waals surface area contributed by atoms with Gasteiger partial charge in [0.1, 0.15) is 6.23 Å². The molecule has 0 saturated carbocycles. The van der Waals surface area contributed by atoms with Crippen LogP contribution in [0.4, 0.5) is 0 Å². The molecule has 0 radical (unpaired) electrons. The number of nitrogens with one attached hydrogen (secondary N) is 1. The quantitative estimate of drug-likeness (QED) is 0.564. The summed E-state index contributed by atoms with van der Waals surface area (Å²) in [7, 11) is 0. The van der Waals surface area contributed by atoms with Crippen molar-refractivity contribution >= 4 is 15.9 Å². The van der Waals surface area contributed by atoms with Crippen molar-refractivity contribution in [1.82, 2.24) is 5.32 Å². The largest absolute Gasteiger partial charge is 0.376 e. The van der Waals surface area contributed by atoms with E-state index in [0.717, 1.165) is 31.5 Å². The molecule has 1 rings (SSSR count). The molecule has 1 N–H and O–H groups in total. The Kier molecular flexibility index (Phi) is 5.10. The van der Waals surface area contributed by atoms with Crippen LogP contribution < -0.4 is 5.32 Å². The van der Waals surface area contributed by atoms with Gasteiger partial charge in [-0.2, -0.15) is 0 Å². The first-order chi connectivity index (χ1) is 5.43. The van der Waals surface area contributed by atoms with Gasteiger partial charge < -0.3 is 9.47 Å². The Labute approximate surface area is 75.6 Å². The second kappa shape index (κ2) is 5.94. The monoisotopic (exact) mass is 223 g/mol. The van der Waals surface area contributed by atoms with E-state index in [2.05, 4.69) is 21.2 Å². The summed E-state index contributed by atoms with van der Waals surface area (Å²) < 4.78 is 10.7. The van der Waals surface area contributed by atoms with Gasteiger partial charge in [-0.25, -0.2) is 0 Å². The Morgan fingerprint density at radius 1 is 1.64 bits per heavy atom. The minimum absolute atomic E-state index is 0.114. The van der Waals surface area contributed by atoms with Gasteiger partial charge in [0.2, 0.25) is 0 Å². The maximum atomic E-state index is 5.46. The smallest absolute Gasteiger partial charge is 0.131 e. The molecule has 0 aliphatic carbocycles. The van der Waals surface area contributed by atoms with Crippen LogP contribution in [0.15, 0.2) is 0 Å². The van der Waals surface area contributed by atoms with Crippen molar-refractivity contribution < 1.29 is 9.47 Å². The molecule has 0 aromatic heterocycles. The van der Waals surface area contributed by atoms with Crippen molar-refractivity contribution in [3.8, 4) is 0 Å². The molecule has 4 heteroatoms. The van der Waals surface area contributed by atoms with E-state index < -0.39 is 0 Å². The molecule has 1 unspecified atom stereocenters. The third kappa shape index (κ3) is 4.06. The molecule has 0 bridgehead atoms. The average Bonchev–Trinajstić information content (AvgIpc) is 2.07. The second-order valence-electron chi connectivity index (χ2n) is 2.43. The lowest BCUT2D eigenvalue weighted by Gasteiger charge is -2.23. The van der Waals surface area contributed by atoms with Crippen LogP contribution in [0.2, 0.25) is 0 Å². The summed E-state index contributed by atoms with van der Waals surface area (Å²) in [6.07, 6.45) is 1.17. The molecular weight excluding hydrogens is 210 g/mol. The fourth-order valence-electron chi connectivity index (χ4n) is 0.929. The average molecular weight is 224 g/mol. The predicted octanol–water partition coefficient (Wildman–Crippen LogP) is 0.734. The van der Waals surface area contributed by atoms with Gasteiger partial charge in [0.15, 0.2) is 0 Å². The standard InChI is InChI=1S/C7H14BrNO2/c8-2-1-4-11-7-6-10-5-3-9-7/h7,9H,1-6H2. The summed E-state index contributed by atoms with van der Waals surface area (Å²) in [6, 6.07) is 0. The van der Waals surface area contributed by atoms with Crippen LogP contribution in [0.5, 0.6) is 0 Å². The van der Waals surface area contributed by atoms with Gasteiger partial charge in [0.25, 0.3) is 0 Å². The van der Waals surface area contributed by atoms with E-state index in [1.54, 1.807) is 0 Å². The molecular formula is C7H14BrNO2. The highest BCUT2D eigenvalue weighted by molar-refractivity contribution is 9.09. The number of morpholine rings is 1. The van der Waals surface area contributed by atoms with E-state index in [0.29, 0.717) is 6.61 Å². The van der Waals surface area contributed by atoms with Gasteiger partial charge in [-0.05, 0) is 6.42 Å². The zero-order valence-electron chi connectivity index (χ0n) is 6.51. The van der Waals surface area contributed by atoms with Gasteiger partial charge in [-0.1, -0.05) is 15.9 Å². The van der Waals surface area contributed by atoms with Crippen molar-refractivity contribution in [2.24, 2.45) is 0 Å². The normalized spacial score (nSPS) is 25.4. The lowest BCUT2D eigenvalue weighted by Crippen LogP contribution is -2.43. The van der Waals surface area contributed by atoms with Crippen LogP contribution in [-0.2, 0) is 9.47 Å². The number of halogens is 1. The number of rotatable bonds is 4. The summed E-state index contributed by atoms with van der Waals surface area (Å²) in [6.45, 7) is 3.19. The van der Waals surface area contributed by atoms with Gasteiger partial charge in [0, 0.05) is 18.5 Å².